The fourth-order valence-electron chi connectivity index (χ4n) is 3.47. The van der Waals surface area contributed by atoms with Crippen molar-refractivity contribution in [2.75, 3.05) is 49.6 Å². The van der Waals surface area contributed by atoms with Gasteiger partial charge in [-0.15, -0.1) is 0 Å². The van der Waals surface area contributed by atoms with Crippen molar-refractivity contribution in [2.24, 2.45) is 0 Å². The van der Waals surface area contributed by atoms with Gasteiger partial charge >= 0.3 is 0 Å². The maximum Gasteiger partial charge on any atom is 0.241 e. The van der Waals surface area contributed by atoms with Crippen LogP contribution in [-0.2, 0) is 9.53 Å². The van der Waals surface area contributed by atoms with Gasteiger partial charge in [0.05, 0.1) is 19.3 Å². The molecule has 2 fully saturated rings. The largest absolute Gasteiger partial charge is 0.378 e. The zero-order valence-electron chi connectivity index (χ0n) is 14.7. The molecule has 1 atom stereocenters. The normalized spacial score (nSPS) is 21.1. The van der Waals surface area contributed by atoms with Crippen LogP contribution in [0.1, 0.15) is 32.6 Å². The number of hydrogen-bond acceptors (Lipinski definition) is 4. The Morgan fingerprint density at radius 3 is 2.25 bits per heavy atom. The Labute approximate surface area is 145 Å². The summed E-state index contributed by atoms with van der Waals surface area (Å²) in [4.78, 5) is 17.2. The van der Waals surface area contributed by atoms with Gasteiger partial charge in [-0.2, -0.15) is 0 Å². The summed E-state index contributed by atoms with van der Waals surface area (Å²) in [7, 11) is 0. The van der Waals surface area contributed by atoms with E-state index in [1.54, 1.807) is 0 Å². The first-order valence-electron chi connectivity index (χ1n) is 9.22. The standard InChI is InChI=1S/C19H29N3O2/c1-16(21-10-4-2-3-5-11-21)19(23)20-17-6-8-18(9-7-17)22-12-14-24-15-13-22/h6-9,16H,2-5,10-15H2,1H3,(H,20,23)/t16-/m1/s1. The average Bonchev–Trinajstić information content (AvgIpc) is 2.92. The summed E-state index contributed by atoms with van der Waals surface area (Å²) < 4.78 is 5.39. The number of morpholine rings is 1. The summed E-state index contributed by atoms with van der Waals surface area (Å²) >= 11 is 0. The molecule has 2 aliphatic heterocycles. The zero-order valence-corrected chi connectivity index (χ0v) is 14.7. The van der Waals surface area contributed by atoms with Crippen LogP contribution in [0.2, 0.25) is 0 Å². The van der Waals surface area contributed by atoms with E-state index in [2.05, 4.69) is 27.2 Å². The highest BCUT2D eigenvalue weighted by molar-refractivity contribution is 5.94. The maximum atomic E-state index is 12.5. The van der Waals surface area contributed by atoms with Gasteiger partial charge in [-0.3, -0.25) is 9.69 Å². The topological polar surface area (TPSA) is 44.8 Å². The van der Waals surface area contributed by atoms with Crippen LogP contribution in [0.15, 0.2) is 24.3 Å². The molecule has 0 bridgehead atoms. The molecule has 0 aromatic heterocycles. The first-order chi connectivity index (χ1) is 11.7. The highest BCUT2D eigenvalue weighted by atomic mass is 16.5. The van der Waals surface area contributed by atoms with Gasteiger partial charge in [0.15, 0.2) is 0 Å². The fourth-order valence-corrected chi connectivity index (χ4v) is 3.47. The zero-order chi connectivity index (χ0) is 16.8. The van der Waals surface area contributed by atoms with Crippen LogP contribution in [0.4, 0.5) is 11.4 Å². The lowest BCUT2D eigenvalue weighted by molar-refractivity contribution is -0.120. The molecule has 0 radical (unpaired) electrons. The minimum Gasteiger partial charge on any atom is -0.378 e. The average molecular weight is 331 g/mol. The Morgan fingerprint density at radius 1 is 1.00 bits per heavy atom. The Kier molecular flexibility index (Phi) is 6.10. The van der Waals surface area contributed by atoms with Gasteiger partial charge in [0, 0.05) is 24.5 Å². The minimum atomic E-state index is -0.0676. The van der Waals surface area contributed by atoms with Crippen LogP contribution in [0.25, 0.3) is 0 Å². The number of ether oxygens (including phenoxy) is 1. The van der Waals surface area contributed by atoms with E-state index in [1.807, 2.05) is 19.1 Å². The third-order valence-electron chi connectivity index (χ3n) is 5.08. The molecule has 24 heavy (non-hydrogen) atoms. The van der Waals surface area contributed by atoms with E-state index in [4.69, 9.17) is 4.74 Å². The van der Waals surface area contributed by atoms with Crippen molar-refractivity contribution in [1.82, 2.24) is 4.90 Å². The van der Waals surface area contributed by atoms with Crippen LogP contribution in [0.3, 0.4) is 0 Å². The van der Waals surface area contributed by atoms with E-state index in [1.165, 1.54) is 31.4 Å². The predicted octanol–water partition coefficient (Wildman–Crippen LogP) is 2.73. The van der Waals surface area contributed by atoms with E-state index < -0.39 is 0 Å². The van der Waals surface area contributed by atoms with Crippen LogP contribution in [0, 0.1) is 0 Å². The highest BCUT2D eigenvalue weighted by Crippen LogP contribution is 2.20. The second-order valence-electron chi connectivity index (χ2n) is 6.76. The Balaban J connectivity index is 1.55. The quantitative estimate of drug-likeness (QED) is 0.921. The predicted molar refractivity (Wildman–Crippen MR) is 97.6 cm³/mol. The molecular formula is C19H29N3O2. The SMILES string of the molecule is C[C@H](C(=O)Nc1ccc(N2CCOCC2)cc1)N1CCCCCC1. The Hall–Kier alpha value is -1.59. The van der Waals surface area contributed by atoms with Crippen molar-refractivity contribution in [3.8, 4) is 0 Å². The molecule has 132 valence electrons. The lowest BCUT2D eigenvalue weighted by Crippen LogP contribution is -2.42. The van der Waals surface area contributed by atoms with Gasteiger partial charge < -0.3 is 15.0 Å². The molecule has 2 saturated heterocycles. The van der Waals surface area contributed by atoms with Gasteiger partial charge in [0.2, 0.25) is 5.91 Å². The van der Waals surface area contributed by atoms with Crippen molar-refractivity contribution in [1.29, 1.82) is 0 Å². The minimum absolute atomic E-state index is 0.0676. The summed E-state index contributed by atoms with van der Waals surface area (Å²) in [6.45, 7) is 7.50. The lowest BCUT2D eigenvalue weighted by Gasteiger charge is -2.29. The summed E-state index contributed by atoms with van der Waals surface area (Å²) in [6, 6.07) is 8.09. The van der Waals surface area contributed by atoms with Crippen LogP contribution in [-0.4, -0.2) is 56.2 Å². The lowest BCUT2D eigenvalue weighted by atomic mass is 10.2. The number of hydrogen-bond donors (Lipinski definition) is 1. The number of amides is 1. The van der Waals surface area contributed by atoms with Crippen molar-refractivity contribution in [3.63, 3.8) is 0 Å². The molecule has 0 aliphatic carbocycles. The fraction of sp³-hybridized carbons (Fsp3) is 0.632. The van der Waals surface area contributed by atoms with Crippen LogP contribution >= 0.6 is 0 Å². The Bertz CT molecular complexity index is 518. The summed E-state index contributed by atoms with van der Waals surface area (Å²) in [6.07, 6.45) is 4.97. The van der Waals surface area contributed by atoms with E-state index in [-0.39, 0.29) is 11.9 Å². The second-order valence-corrected chi connectivity index (χ2v) is 6.76. The number of nitrogens with one attached hydrogen (secondary N) is 1. The molecule has 5 nitrogen and oxygen atoms in total. The van der Waals surface area contributed by atoms with Gasteiger partial charge in [-0.05, 0) is 57.1 Å². The van der Waals surface area contributed by atoms with Crippen LogP contribution in [0.5, 0.6) is 0 Å². The number of carbonyl (C=O) groups is 1. The molecule has 2 aliphatic rings. The molecule has 0 spiro atoms. The van der Waals surface area contributed by atoms with Gasteiger partial charge in [0.1, 0.15) is 0 Å². The summed E-state index contributed by atoms with van der Waals surface area (Å²) in [5.41, 5.74) is 2.07. The van der Waals surface area contributed by atoms with Crippen molar-refractivity contribution in [3.05, 3.63) is 24.3 Å². The van der Waals surface area contributed by atoms with E-state index in [9.17, 15) is 4.79 Å². The summed E-state index contributed by atoms with van der Waals surface area (Å²) in [5, 5.41) is 3.07. The van der Waals surface area contributed by atoms with E-state index in [0.29, 0.717) is 0 Å². The molecule has 3 rings (SSSR count). The van der Waals surface area contributed by atoms with Gasteiger partial charge in [-0.25, -0.2) is 0 Å². The highest BCUT2D eigenvalue weighted by Gasteiger charge is 2.22. The number of likely N-dealkylation sites (tertiary alicyclic amines) is 1. The maximum absolute atomic E-state index is 12.5. The molecule has 5 heteroatoms. The van der Waals surface area contributed by atoms with Crippen molar-refractivity contribution in [2.45, 2.75) is 38.6 Å². The monoisotopic (exact) mass is 331 g/mol. The number of nitrogens with zero attached hydrogens (tertiary/aromatic N) is 2. The van der Waals surface area contributed by atoms with Gasteiger partial charge in [0.25, 0.3) is 0 Å². The number of carbonyl (C=O) groups excluding carboxylic acids is 1. The van der Waals surface area contributed by atoms with Gasteiger partial charge in [-0.1, -0.05) is 12.8 Å². The molecule has 1 aromatic rings. The third kappa shape index (κ3) is 4.48. The first-order valence-corrected chi connectivity index (χ1v) is 9.22. The second kappa shape index (κ2) is 8.49. The molecule has 1 N–H and O–H groups in total. The van der Waals surface area contributed by atoms with E-state index >= 15 is 0 Å². The number of benzene rings is 1. The number of rotatable bonds is 4. The molecule has 1 amide bonds. The summed E-state index contributed by atoms with van der Waals surface area (Å²) in [5.74, 6) is 0.0935. The molecular weight excluding hydrogens is 302 g/mol. The molecule has 0 saturated carbocycles. The third-order valence-corrected chi connectivity index (χ3v) is 5.08. The first kappa shape index (κ1) is 17.2. The molecule has 2 heterocycles. The van der Waals surface area contributed by atoms with Crippen molar-refractivity contribution >= 4 is 17.3 Å². The van der Waals surface area contributed by atoms with E-state index in [0.717, 1.165) is 45.1 Å². The van der Waals surface area contributed by atoms with Crippen molar-refractivity contribution < 1.29 is 9.53 Å². The Morgan fingerprint density at radius 2 is 1.62 bits per heavy atom. The number of anilines is 2. The van der Waals surface area contributed by atoms with Crippen LogP contribution < -0.4 is 10.2 Å². The molecule has 1 aromatic carbocycles. The smallest absolute Gasteiger partial charge is 0.241 e. The molecule has 0 unspecified atom stereocenters.